The molecular formula is C18H25IO3. The summed E-state index contributed by atoms with van der Waals surface area (Å²) in [5, 5.41) is 10.2. The molecule has 1 N–H and O–H groups in total. The third-order valence-corrected chi connectivity index (χ3v) is 4.10. The Hall–Kier alpha value is -1.01. The van der Waals surface area contributed by atoms with E-state index >= 15 is 0 Å². The molecule has 0 aliphatic carbocycles. The maximum Gasteiger partial charge on any atom is 0.160 e. The second-order valence-corrected chi connectivity index (χ2v) is 6.02. The summed E-state index contributed by atoms with van der Waals surface area (Å²) in [5.41, 5.74) is 2.21. The molecular weight excluding hydrogens is 391 g/mol. The lowest BCUT2D eigenvalue weighted by molar-refractivity contribution is 0.173. The van der Waals surface area contributed by atoms with E-state index in [0.717, 1.165) is 29.9 Å². The minimum Gasteiger partial charge on any atom is -0.493 e. The average Bonchev–Trinajstić information content (AvgIpc) is 2.53. The van der Waals surface area contributed by atoms with Crippen LogP contribution in [-0.4, -0.2) is 25.4 Å². The summed E-state index contributed by atoms with van der Waals surface area (Å²) in [7, 11) is 3.28. The number of hydrogen-bond acceptors (Lipinski definition) is 3. The van der Waals surface area contributed by atoms with Gasteiger partial charge in [0.05, 0.1) is 20.3 Å². The predicted octanol–water partition coefficient (Wildman–Crippen LogP) is 4.53. The van der Waals surface area contributed by atoms with Gasteiger partial charge in [0.2, 0.25) is 0 Å². The fourth-order valence-electron chi connectivity index (χ4n) is 2.26. The van der Waals surface area contributed by atoms with Gasteiger partial charge >= 0.3 is 0 Å². The minimum absolute atomic E-state index is 0.134. The summed E-state index contributed by atoms with van der Waals surface area (Å²) in [6, 6.07) is 5.97. The second kappa shape index (κ2) is 9.90. The fourth-order valence-corrected chi connectivity index (χ4v) is 2.91. The summed E-state index contributed by atoms with van der Waals surface area (Å²) in [6.07, 6.45) is 5.49. The van der Waals surface area contributed by atoms with E-state index in [4.69, 9.17) is 9.47 Å². The van der Waals surface area contributed by atoms with Crippen LogP contribution in [0.3, 0.4) is 0 Å². The van der Waals surface area contributed by atoms with Crippen molar-refractivity contribution >= 4 is 22.6 Å². The molecule has 0 saturated carbocycles. The van der Waals surface area contributed by atoms with Crippen LogP contribution in [0.2, 0.25) is 0 Å². The number of rotatable bonds is 8. The number of aliphatic hydroxyl groups excluding tert-OH is 1. The Bertz CT molecular complexity index is 523. The third kappa shape index (κ3) is 5.65. The Balaban J connectivity index is 2.64. The van der Waals surface area contributed by atoms with Gasteiger partial charge in [-0.1, -0.05) is 47.7 Å². The normalized spacial score (nSPS) is 14.9. The van der Waals surface area contributed by atoms with Gasteiger partial charge in [-0.05, 0) is 47.1 Å². The molecule has 0 fully saturated rings. The minimum atomic E-state index is -0.420. The standard InChI is InChI=1S/C18H25IO3/c1-13(18(20)14(2)10-11-19)6-5-7-15-8-9-16(21-3)17(12-15)22-4/h6,8-12,14,18,20H,5,7H2,1-4H3/b11-10+,13-6+/t14-,18+/m1/s1. The van der Waals surface area contributed by atoms with Crippen molar-refractivity contribution in [1.82, 2.24) is 0 Å². The first-order chi connectivity index (χ1) is 10.5. The summed E-state index contributed by atoms with van der Waals surface area (Å²) >= 11 is 2.17. The third-order valence-electron chi connectivity index (χ3n) is 3.69. The average molecular weight is 416 g/mol. The van der Waals surface area contributed by atoms with Crippen LogP contribution in [0.5, 0.6) is 11.5 Å². The number of benzene rings is 1. The molecule has 3 nitrogen and oxygen atoms in total. The van der Waals surface area contributed by atoms with Crippen LogP contribution in [0, 0.1) is 5.92 Å². The Morgan fingerprint density at radius 3 is 2.55 bits per heavy atom. The van der Waals surface area contributed by atoms with E-state index in [1.807, 2.05) is 42.2 Å². The molecule has 1 aromatic rings. The number of methoxy groups -OCH3 is 2. The summed E-state index contributed by atoms with van der Waals surface area (Å²) in [4.78, 5) is 0. The molecule has 0 saturated heterocycles. The maximum absolute atomic E-state index is 10.2. The van der Waals surface area contributed by atoms with Gasteiger partial charge in [-0.2, -0.15) is 0 Å². The maximum atomic E-state index is 10.2. The monoisotopic (exact) mass is 416 g/mol. The predicted molar refractivity (Wildman–Crippen MR) is 100.0 cm³/mol. The Kier molecular flexibility index (Phi) is 8.56. The van der Waals surface area contributed by atoms with Crippen LogP contribution in [0.25, 0.3) is 0 Å². The first-order valence-corrected chi connectivity index (χ1v) is 8.60. The Morgan fingerprint density at radius 1 is 1.27 bits per heavy atom. The smallest absolute Gasteiger partial charge is 0.160 e. The quantitative estimate of drug-likeness (QED) is 0.500. The van der Waals surface area contributed by atoms with Gasteiger partial charge in [-0.15, -0.1) is 0 Å². The fraction of sp³-hybridized carbons (Fsp3) is 0.444. The highest BCUT2D eigenvalue weighted by atomic mass is 127. The molecule has 0 heterocycles. The van der Waals surface area contributed by atoms with Gasteiger partial charge in [0.1, 0.15) is 0 Å². The SMILES string of the molecule is COc1ccc(CC/C=C(\C)[C@H](O)[C@H](C)/C=C/I)cc1OC. The van der Waals surface area contributed by atoms with Crippen molar-refractivity contribution in [3.8, 4) is 11.5 Å². The topological polar surface area (TPSA) is 38.7 Å². The molecule has 1 rings (SSSR count). The van der Waals surface area contributed by atoms with Crippen LogP contribution in [0.4, 0.5) is 0 Å². The highest BCUT2D eigenvalue weighted by molar-refractivity contribution is 14.1. The van der Waals surface area contributed by atoms with Crippen molar-refractivity contribution in [2.24, 2.45) is 5.92 Å². The van der Waals surface area contributed by atoms with E-state index < -0.39 is 6.10 Å². The molecule has 0 amide bonds. The van der Waals surface area contributed by atoms with Crippen molar-refractivity contribution < 1.29 is 14.6 Å². The lowest BCUT2D eigenvalue weighted by Gasteiger charge is -2.16. The van der Waals surface area contributed by atoms with E-state index in [9.17, 15) is 5.11 Å². The number of allylic oxidation sites excluding steroid dienone is 1. The lowest BCUT2D eigenvalue weighted by Crippen LogP contribution is -2.16. The zero-order chi connectivity index (χ0) is 16.5. The Labute approximate surface area is 147 Å². The van der Waals surface area contributed by atoms with Gasteiger partial charge in [0.15, 0.2) is 11.5 Å². The molecule has 1 aromatic carbocycles. The van der Waals surface area contributed by atoms with E-state index in [2.05, 4.69) is 28.7 Å². The molecule has 0 aliphatic heterocycles. The number of hydrogen-bond donors (Lipinski definition) is 1. The molecule has 122 valence electrons. The van der Waals surface area contributed by atoms with Crippen molar-refractivity contribution in [3.05, 3.63) is 45.6 Å². The molecule has 0 unspecified atom stereocenters. The summed E-state index contributed by atoms with van der Waals surface area (Å²) < 4.78 is 12.5. The van der Waals surface area contributed by atoms with Crippen LogP contribution in [0.15, 0.2) is 40.0 Å². The van der Waals surface area contributed by atoms with Crippen molar-refractivity contribution in [3.63, 3.8) is 0 Å². The number of aryl methyl sites for hydroxylation is 1. The molecule has 4 heteroatoms. The number of ether oxygens (including phenoxy) is 2. The zero-order valence-corrected chi connectivity index (χ0v) is 15.8. The Morgan fingerprint density at radius 2 is 1.95 bits per heavy atom. The zero-order valence-electron chi connectivity index (χ0n) is 13.7. The molecule has 0 aliphatic rings. The van der Waals surface area contributed by atoms with Crippen molar-refractivity contribution in [2.75, 3.05) is 14.2 Å². The van der Waals surface area contributed by atoms with Gasteiger partial charge in [0, 0.05) is 5.92 Å². The van der Waals surface area contributed by atoms with E-state index in [1.165, 1.54) is 5.56 Å². The number of aliphatic hydroxyl groups is 1. The van der Waals surface area contributed by atoms with Crippen LogP contribution < -0.4 is 9.47 Å². The van der Waals surface area contributed by atoms with Gasteiger partial charge < -0.3 is 14.6 Å². The van der Waals surface area contributed by atoms with Gasteiger partial charge in [-0.3, -0.25) is 0 Å². The molecule has 22 heavy (non-hydrogen) atoms. The molecule has 2 atom stereocenters. The van der Waals surface area contributed by atoms with E-state index in [-0.39, 0.29) is 5.92 Å². The van der Waals surface area contributed by atoms with Crippen molar-refractivity contribution in [1.29, 1.82) is 0 Å². The van der Waals surface area contributed by atoms with E-state index in [0.29, 0.717) is 0 Å². The largest absolute Gasteiger partial charge is 0.493 e. The van der Waals surface area contributed by atoms with Crippen LogP contribution in [0.1, 0.15) is 25.8 Å². The van der Waals surface area contributed by atoms with Crippen molar-refractivity contribution in [2.45, 2.75) is 32.8 Å². The summed E-state index contributed by atoms with van der Waals surface area (Å²) in [5.74, 6) is 1.63. The molecule has 0 aromatic heterocycles. The first kappa shape index (κ1) is 19.0. The molecule has 0 bridgehead atoms. The second-order valence-electron chi connectivity index (χ2n) is 5.30. The highest BCUT2D eigenvalue weighted by Gasteiger charge is 2.12. The van der Waals surface area contributed by atoms with Gasteiger partial charge in [0.25, 0.3) is 0 Å². The van der Waals surface area contributed by atoms with Gasteiger partial charge in [-0.25, -0.2) is 0 Å². The highest BCUT2D eigenvalue weighted by Crippen LogP contribution is 2.28. The van der Waals surface area contributed by atoms with Crippen LogP contribution in [-0.2, 0) is 6.42 Å². The van der Waals surface area contributed by atoms with Crippen LogP contribution >= 0.6 is 22.6 Å². The molecule has 0 radical (unpaired) electrons. The lowest BCUT2D eigenvalue weighted by atomic mass is 9.97. The number of halogens is 1. The summed E-state index contributed by atoms with van der Waals surface area (Å²) in [6.45, 7) is 4.00. The molecule has 0 spiro atoms. The van der Waals surface area contributed by atoms with E-state index in [1.54, 1.807) is 14.2 Å². The first-order valence-electron chi connectivity index (χ1n) is 7.36.